The summed E-state index contributed by atoms with van der Waals surface area (Å²) in [5.41, 5.74) is 2.78. The molecule has 2 N–H and O–H groups in total. The maximum atomic E-state index is 11.9. The minimum Gasteiger partial charge on any atom is -0.376 e. The smallest absolute Gasteiger partial charge is 0.319 e. The Kier molecular flexibility index (Phi) is 4.70. The van der Waals surface area contributed by atoms with E-state index < -0.39 is 0 Å². The number of aryl methyl sites for hydroxylation is 1. The number of rotatable bonds is 4. The van der Waals surface area contributed by atoms with Crippen LogP contribution in [-0.2, 0) is 4.74 Å². The second kappa shape index (κ2) is 6.89. The van der Waals surface area contributed by atoms with Crippen molar-refractivity contribution in [2.24, 2.45) is 0 Å². The van der Waals surface area contributed by atoms with Crippen LogP contribution in [0.4, 0.5) is 10.5 Å². The molecule has 1 unspecified atom stereocenters. The first-order valence-corrected chi connectivity index (χ1v) is 8.28. The summed E-state index contributed by atoms with van der Waals surface area (Å²) >= 11 is 1.60. The monoisotopic (exact) mass is 317 g/mol. The summed E-state index contributed by atoms with van der Waals surface area (Å²) in [6, 6.07) is 7.51. The zero-order chi connectivity index (χ0) is 15.4. The van der Waals surface area contributed by atoms with E-state index in [4.69, 9.17) is 4.74 Å². The van der Waals surface area contributed by atoms with Gasteiger partial charge in [-0.3, -0.25) is 0 Å². The van der Waals surface area contributed by atoms with Crippen LogP contribution in [0.25, 0.3) is 10.6 Å². The molecule has 6 heteroatoms. The summed E-state index contributed by atoms with van der Waals surface area (Å²) in [5.74, 6) is 0. The molecule has 2 amide bonds. The molecule has 0 spiro atoms. The lowest BCUT2D eigenvalue weighted by Crippen LogP contribution is -2.35. The quantitative estimate of drug-likeness (QED) is 0.908. The van der Waals surface area contributed by atoms with E-state index in [1.807, 2.05) is 36.6 Å². The Morgan fingerprint density at radius 1 is 1.50 bits per heavy atom. The molecule has 1 fully saturated rings. The van der Waals surface area contributed by atoms with Crippen molar-refractivity contribution in [1.82, 2.24) is 10.3 Å². The zero-order valence-electron chi connectivity index (χ0n) is 12.5. The number of benzene rings is 1. The van der Waals surface area contributed by atoms with Crippen LogP contribution in [0.5, 0.6) is 0 Å². The number of carbonyl (C=O) groups excluding carboxylic acids is 1. The minimum atomic E-state index is -0.206. The van der Waals surface area contributed by atoms with Gasteiger partial charge in [0.25, 0.3) is 0 Å². The third-order valence-corrected chi connectivity index (χ3v) is 4.51. The van der Waals surface area contributed by atoms with Crippen molar-refractivity contribution in [3.8, 4) is 10.6 Å². The van der Waals surface area contributed by atoms with Gasteiger partial charge in [0.1, 0.15) is 5.01 Å². The summed E-state index contributed by atoms with van der Waals surface area (Å²) < 4.78 is 5.48. The SMILES string of the molecule is Cc1csc(-c2cccc(NC(=O)NCC3CCCO3)c2)n1. The molecule has 5 nitrogen and oxygen atoms in total. The predicted molar refractivity (Wildman–Crippen MR) is 88.3 cm³/mol. The first-order chi connectivity index (χ1) is 10.7. The van der Waals surface area contributed by atoms with Gasteiger partial charge in [-0.25, -0.2) is 9.78 Å². The molecule has 3 rings (SSSR count). The van der Waals surface area contributed by atoms with E-state index in [0.29, 0.717) is 6.54 Å². The normalized spacial score (nSPS) is 17.4. The second-order valence-electron chi connectivity index (χ2n) is 5.34. The standard InChI is InChI=1S/C16H19N3O2S/c1-11-10-22-15(18-11)12-4-2-5-13(8-12)19-16(20)17-9-14-6-3-7-21-14/h2,4-5,8,10,14H,3,6-7,9H2,1H3,(H2,17,19,20). The summed E-state index contributed by atoms with van der Waals surface area (Å²) in [6.45, 7) is 3.32. The van der Waals surface area contributed by atoms with Gasteiger partial charge in [-0.15, -0.1) is 11.3 Å². The highest BCUT2D eigenvalue weighted by Crippen LogP contribution is 2.25. The van der Waals surface area contributed by atoms with E-state index in [-0.39, 0.29) is 12.1 Å². The third kappa shape index (κ3) is 3.84. The van der Waals surface area contributed by atoms with Gasteiger partial charge in [0.05, 0.1) is 6.10 Å². The van der Waals surface area contributed by atoms with Crippen molar-refractivity contribution < 1.29 is 9.53 Å². The van der Waals surface area contributed by atoms with Crippen LogP contribution in [0.2, 0.25) is 0 Å². The molecule has 1 aliphatic heterocycles. The highest BCUT2D eigenvalue weighted by Gasteiger charge is 2.16. The van der Waals surface area contributed by atoms with Crippen molar-refractivity contribution >= 4 is 23.1 Å². The predicted octanol–water partition coefficient (Wildman–Crippen LogP) is 3.42. The number of nitrogens with zero attached hydrogens (tertiary/aromatic N) is 1. The maximum absolute atomic E-state index is 11.9. The van der Waals surface area contributed by atoms with Gasteiger partial charge in [-0.05, 0) is 31.9 Å². The largest absolute Gasteiger partial charge is 0.376 e. The molecule has 116 valence electrons. The van der Waals surface area contributed by atoms with Crippen molar-refractivity contribution in [1.29, 1.82) is 0 Å². The van der Waals surface area contributed by atoms with Gasteiger partial charge in [0.15, 0.2) is 0 Å². The van der Waals surface area contributed by atoms with Crippen LogP contribution in [0, 0.1) is 6.92 Å². The van der Waals surface area contributed by atoms with Crippen molar-refractivity contribution in [2.75, 3.05) is 18.5 Å². The second-order valence-corrected chi connectivity index (χ2v) is 6.20. The Balaban J connectivity index is 1.58. The summed E-state index contributed by atoms with van der Waals surface area (Å²) in [6.07, 6.45) is 2.23. The van der Waals surface area contributed by atoms with E-state index in [1.54, 1.807) is 11.3 Å². The number of nitrogens with one attached hydrogen (secondary N) is 2. The fourth-order valence-corrected chi connectivity index (χ4v) is 3.20. The molecular formula is C16H19N3O2S. The molecule has 0 bridgehead atoms. The van der Waals surface area contributed by atoms with Crippen LogP contribution >= 0.6 is 11.3 Å². The summed E-state index contributed by atoms with van der Waals surface area (Å²) in [4.78, 5) is 16.4. The molecule has 1 aromatic heterocycles. The molecule has 1 aromatic carbocycles. The lowest BCUT2D eigenvalue weighted by Gasteiger charge is -2.12. The average molecular weight is 317 g/mol. The van der Waals surface area contributed by atoms with Gasteiger partial charge in [0, 0.05) is 35.5 Å². The number of thiazole rings is 1. The zero-order valence-corrected chi connectivity index (χ0v) is 13.3. The number of hydrogen-bond acceptors (Lipinski definition) is 4. The number of carbonyl (C=O) groups is 1. The number of amides is 2. The topological polar surface area (TPSA) is 63.2 Å². The molecule has 1 atom stereocenters. The highest BCUT2D eigenvalue weighted by molar-refractivity contribution is 7.13. The first-order valence-electron chi connectivity index (χ1n) is 7.40. The molecule has 1 saturated heterocycles. The van der Waals surface area contributed by atoms with Crippen molar-refractivity contribution in [3.63, 3.8) is 0 Å². The lowest BCUT2D eigenvalue weighted by molar-refractivity contribution is 0.112. The average Bonchev–Trinajstić information content (AvgIpc) is 3.17. The fraction of sp³-hybridized carbons (Fsp3) is 0.375. The van der Waals surface area contributed by atoms with Gasteiger partial charge in [-0.2, -0.15) is 0 Å². The third-order valence-electron chi connectivity index (χ3n) is 3.50. The summed E-state index contributed by atoms with van der Waals surface area (Å²) in [5, 5.41) is 8.68. The molecule has 1 aliphatic rings. The van der Waals surface area contributed by atoms with Gasteiger partial charge >= 0.3 is 6.03 Å². The number of urea groups is 1. The van der Waals surface area contributed by atoms with Crippen LogP contribution in [0.3, 0.4) is 0 Å². The Labute approximate surface area is 133 Å². The van der Waals surface area contributed by atoms with E-state index in [0.717, 1.165) is 41.4 Å². The van der Waals surface area contributed by atoms with Crippen LogP contribution in [0.15, 0.2) is 29.6 Å². The number of aromatic nitrogens is 1. The van der Waals surface area contributed by atoms with E-state index in [1.165, 1.54) is 0 Å². The first kappa shape index (κ1) is 15.0. The fourth-order valence-electron chi connectivity index (χ4n) is 2.40. The Morgan fingerprint density at radius 2 is 2.41 bits per heavy atom. The molecule has 22 heavy (non-hydrogen) atoms. The molecule has 2 aromatic rings. The number of ether oxygens (including phenoxy) is 1. The van der Waals surface area contributed by atoms with Crippen molar-refractivity contribution in [2.45, 2.75) is 25.9 Å². The molecule has 0 aliphatic carbocycles. The van der Waals surface area contributed by atoms with Crippen molar-refractivity contribution in [3.05, 3.63) is 35.3 Å². The van der Waals surface area contributed by atoms with Gasteiger partial charge < -0.3 is 15.4 Å². The lowest BCUT2D eigenvalue weighted by atomic mass is 10.2. The van der Waals surface area contributed by atoms with Crippen LogP contribution < -0.4 is 10.6 Å². The maximum Gasteiger partial charge on any atom is 0.319 e. The van der Waals surface area contributed by atoms with Crippen LogP contribution in [0.1, 0.15) is 18.5 Å². The summed E-state index contributed by atoms with van der Waals surface area (Å²) in [7, 11) is 0. The number of anilines is 1. The Hall–Kier alpha value is -1.92. The van der Waals surface area contributed by atoms with E-state index >= 15 is 0 Å². The molecule has 0 saturated carbocycles. The van der Waals surface area contributed by atoms with Gasteiger partial charge in [0.2, 0.25) is 0 Å². The van der Waals surface area contributed by atoms with Gasteiger partial charge in [-0.1, -0.05) is 12.1 Å². The van der Waals surface area contributed by atoms with Crippen LogP contribution in [-0.4, -0.2) is 30.3 Å². The van der Waals surface area contributed by atoms with E-state index in [2.05, 4.69) is 15.6 Å². The molecule has 2 heterocycles. The van der Waals surface area contributed by atoms with E-state index in [9.17, 15) is 4.79 Å². The minimum absolute atomic E-state index is 0.148. The highest BCUT2D eigenvalue weighted by atomic mass is 32.1. The Morgan fingerprint density at radius 3 is 3.14 bits per heavy atom. The molecule has 0 radical (unpaired) electrons. The molecular weight excluding hydrogens is 298 g/mol. The Bertz CT molecular complexity index is 650. The number of hydrogen-bond donors (Lipinski definition) is 2.